The van der Waals surface area contributed by atoms with E-state index < -0.39 is 0 Å². The molecule has 1 N–H and O–H groups in total. The number of hydrogen-bond acceptors (Lipinski definition) is 5. The van der Waals surface area contributed by atoms with Gasteiger partial charge in [0.05, 0.1) is 17.9 Å². The van der Waals surface area contributed by atoms with Crippen molar-refractivity contribution < 1.29 is 14.3 Å². The summed E-state index contributed by atoms with van der Waals surface area (Å²) in [4.78, 5) is 27.8. The van der Waals surface area contributed by atoms with Crippen LogP contribution in [0, 0.1) is 0 Å². The molecule has 0 radical (unpaired) electrons. The van der Waals surface area contributed by atoms with Gasteiger partial charge in [-0.1, -0.05) is 46.3 Å². The standard InChI is InChI=1S/C27H25BrN2O3S2/c1-2-33-27(32)25-20-7-5-9-22(20)35-26(25)29-24(31)16-34-23-15-30(21-8-4-3-6-19(21)23)14-17-10-12-18(28)13-11-17/h3-4,6,8,10-13,15H,2,5,7,9,14,16H2,1H3,(H,29,31). The largest absolute Gasteiger partial charge is 0.462 e. The molecule has 1 aliphatic carbocycles. The Morgan fingerprint density at radius 1 is 1.14 bits per heavy atom. The Morgan fingerprint density at radius 2 is 1.94 bits per heavy atom. The number of thiophene rings is 1. The van der Waals surface area contributed by atoms with Crippen molar-refractivity contribution in [1.82, 2.24) is 4.57 Å². The van der Waals surface area contributed by atoms with Gasteiger partial charge in [0.1, 0.15) is 5.00 Å². The predicted molar refractivity (Wildman–Crippen MR) is 147 cm³/mol. The van der Waals surface area contributed by atoms with Gasteiger partial charge < -0.3 is 14.6 Å². The lowest BCUT2D eigenvalue weighted by atomic mass is 10.1. The second-order valence-electron chi connectivity index (χ2n) is 8.38. The molecule has 2 aromatic heterocycles. The second-order valence-corrected chi connectivity index (χ2v) is 11.4. The fourth-order valence-corrected chi connectivity index (χ4v) is 6.91. The van der Waals surface area contributed by atoms with Crippen LogP contribution in [0.1, 0.15) is 39.7 Å². The number of esters is 1. The summed E-state index contributed by atoms with van der Waals surface area (Å²) in [5.74, 6) is -0.201. The summed E-state index contributed by atoms with van der Waals surface area (Å²) < 4.78 is 8.56. The number of aryl methyl sites for hydroxylation is 1. The molecule has 5 nitrogen and oxygen atoms in total. The van der Waals surface area contributed by atoms with Gasteiger partial charge in [0.25, 0.3) is 0 Å². The molecule has 0 aliphatic heterocycles. The van der Waals surface area contributed by atoms with Gasteiger partial charge in [-0.25, -0.2) is 4.79 Å². The quantitative estimate of drug-likeness (QED) is 0.185. The van der Waals surface area contributed by atoms with Crippen LogP contribution < -0.4 is 5.32 Å². The normalized spacial score (nSPS) is 12.6. The number of para-hydroxylation sites is 1. The molecule has 1 aliphatic rings. The van der Waals surface area contributed by atoms with Crippen molar-refractivity contribution in [3.05, 3.63) is 80.8 Å². The number of fused-ring (bicyclic) bond motifs is 2. The Morgan fingerprint density at radius 3 is 2.74 bits per heavy atom. The topological polar surface area (TPSA) is 60.3 Å². The second kappa shape index (κ2) is 10.6. The average molecular weight is 570 g/mol. The molecule has 0 atom stereocenters. The number of hydrogen-bond donors (Lipinski definition) is 1. The van der Waals surface area contributed by atoms with Crippen LogP contribution in [-0.4, -0.2) is 28.8 Å². The van der Waals surface area contributed by atoms with E-state index >= 15 is 0 Å². The van der Waals surface area contributed by atoms with Crippen molar-refractivity contribution in [1.29, 1.82) is 0 Å². The van der Waals surface area contributed by atoms with E-state index in [-0.39, 0.29) is 17.6 Å². The van der Waals surface area contributed by atoms with E-state index in [1.54, 1.807) is 6.92 Å². The molecule has 5 rings (SSSR count). The monoisotopic (exact) mass is 568 g/mol. The number of carbonyl (C=O) groups is 2. The highest BCUT2D eigenvalue weighted by Gasteiger charge is 2.28. The smallest absolute Gasteiger partial charge is 0.341 e. The van der Waals surface area contributed by atoms with Crippen LogP contribution in [0.25, 0.3) is 10.9 Å². The van der Waals surface area contributed by atoms with Crippen LogP contribution in [0.3, 0.4) is 0 Å². The van der Waals surface area contributed by atoms with Crippen LogP contribution in [0.15, 0.2) is 64.1 Å². The number of rotatable bonds is 8. The minimum absolute atomic E-state index is 0.120. The fourth-order valence-electron chi connectivity index (χ4n) is 4.46. The van der Waals surface area contributed by atoms with Crippen LogP contribution >= 0.6 is 39.0 Å². The number of halogens is 1. The van der Waals surface area contributed by atoms with Crippen LogP contribution in [0.2, 0.25) is 0 Å². The van der Waals surface area contributed by atoms with Gasteiger partial charge in [-0.05, 0) is 55.5 Å². The number of thioether (sulfide) groups is 1. The molecule has 180 valence electrons. The Kier molecular flexibility index (Phi) is 7.32. The summed E-state index contributed by atoms with van der Waals surface area (Å²) in [7, 11) is 0. The molecule has 2 aromatic carbocycles. The Labute approximate surface area is 221 Å². The molecular formula is C27H25BrN2O3S2. The third kappa shape index (κ3) is 5.20. The first-order valence-electron chi connectivity index (χ1n) is 11.6. The van der Waals surface area contributed by atoms with Crippen LogP contribution in [0.5, 0.6) is 0 Å². The number of anilines is 1. The number of carbonyl (C=O) groups excluding carboxylic acids is 2. The summed E-state index contributed by atoms with van der Waals surface area (Å²) in [6, 6.07) is 16.6. The molecule has 2 heterocycles. The summed E-state index contributed by atoms with van der Waals surface area (Å²) >= 11 is 6.52. The molecule has 4 aromatic rings. The fraction of sp³-hybridized carbons (Fsp3) is 0.259. The maximum absolute atomic E-state index is 12.9. The highest BCUT2D eigenvalue weighted by molar-refractivity contribution is 9.10. The average Bonchev–Trinajstić information content (AvgIpc) is 3.53. The van der Waals surface area contributed by atoms with Gasteiger partial charge in [-0.15, -0.1) is 23.1 Å². The molecule has 35 heavy (non-hydrogen) atoms. The first-order valence-corrected chi connectivity index (χ1v) is 14.2. The highest BCUT2D eigenvalue weighted by Crippen LogP contribution is 2.40. The molecule has 0 spiro atoms. The Hall–Kier alpha value is -2.55. The van der Waals surface area contributed by atoms with Crippen LogP contribution in [0.4, 0.5) is 5.00 Å². The number of benzene rings is 2. The van der Waals surface area contributed by atoms with Crippen molar-refractivity contribution in [3.63, 3.8) is 0 Å². The lowest BCUT2D eigenvalue weighted by molar-refractivity contribution is -0.113. The lowest BCUT2D eigenvalue weighted by Crippen LogP contribution is -2.16. The zero-order valence-electron chi connectivity index (χ0n) is 19.3. The van der Waals surface area contributed by atoms with Gasteiger partial charge >= 0.3 is 5.97 Å². The number of nitrogens with one attached hydrogen (secondary N) is 1. The summed E-state index contributed by atoms with van der Waals surface area (Å²) in [6.07, 6.45) is 4.98. The molecule has 0 unspecified atom stereocenters. The highest BCUT2D eigenvalue weighted by atomic mass is 79.9. The van der Waals surface area contributed by atoms with E-state index in [2.05, 4.69) is 56.3 Å². The number of ether oxygens (including phenoxy) is 1. The van der Waals surface area contributed by atoms with E-state index in [1.807, 2.05) is 24.3 Å². The van der Waals surface area contributed by atoms with E-state index in [4.69, 9.17) is 4.74 Å². The first-order chi connectivity index (χ1) is 17.0. The van der Waals surface area contributed by atoms with Crippen molar-refractivity contribution >= 4 is 66.8 Å². The zero-order valence-corrected chi connectivity index (χ0v) is 22.5. The van der Waals surface area contributed by atoms with E-state index in [1.165, 1.54) is 33.5 Å². The lowest BCUT2D eigenvalue weighted by Gasteiger charge is -2.08. The van der Waals surface area contributed by atoms with Gasteiger partial charge in [0.15, 0.2) is 0 Å². The third-order valence-corrected chi connectivity index (χ3v) is 8.81. The maximum atomic E-state index is 12.9. The maximum Gasteiger partial charge on any atom is 0.341 e. The van der Waals surface area contributed by atoms with Gasteiger partial charge in [-0.2, -0.15) is 0 Å². The number of aromatic nitrogens is 1. The minimum Gasteiger partial charge on any atom is -0.462 e. The number of amides is 1. The van der Waals surface area contributed by atoms with Crippen LogP contribution in [-0.2, 0) is 28.9 Å². The summed E-state index contributed by atoms with van der Waals surface area (Å²) in [5.41, 5.74) is 3.94. The molecule has 8 heteroatoms. The molecule has 0 saturated heterocycles. The summed E-state index contributed by atoms with van der Waals surface area (Å²) in [6.45, 7) is 2.87. The minimum atomic E-state index is -0.342. The van der Waals surface area contributed by atoms with Crippen molar-refractivity contribution in [3.8, 4) is 0 Å². The first kappa shape index (κ1) is 24.2. The van der Waals surface area contributed by atoms with Gasteiger partial charge in [0, 0.05) is 37.9 Å². The van der Waals surface area contributed by atoms with E-state index in [0.29, 0.717) is 17.2 Å². The van der Waals surface area contributed by atoms with E-state index in [9.17, 15) is 9.59 Å². The Balaban J connectivity index is 1.32. The third-order valence-electron chi connectivity index (χ3n) is 6.03. The predicted octanol–water partition coefficient (Wildman–Crippen LogP) is 6.91. The number of nitrogens with zero attached hydrogens (tertiary/aromatic N) is 1. The molecule has 0 fully saturated rings. The van der Waals surface area contributed by atoms with Crippen molar-refractivity contribution in [2.24, 2.45) is 0 Å². The van der Waals surface area contributed by atoms with Gasteiger partial charge in [-0.3, -0.25) is 4.79 Å². The van der Waals surface area contributed by atoms with Gasteiger partial charge in [0.2, 0.25) is 5.91 Å². The SMILES string of the molecule is CCOC(=O)c1c(NC(=O)CSc2cn(Cc3ccc(Br)cc3)c3ccccc23)sc2c1CCC2. The van der Waals surface area contributed by atoms with Crippen molar-refractivity contribution in [2.75, 3.05) is 17.7 Å². The summed E-state index contributed by atoms with van der Waals surface area (Å²) in [5, 5.41) is 4.75. The van der Waals surface area contributed by atoms with Crippen molar-refractivity contribution in [2.45, 2.75) is 37.6 Å². The van der Waals surface area contributed by atoms with E-state index in [0.717, 1.165) is 51.6 Å². The zero-order chi connectivity index (χ0) is 24.4. The molecule has 0 bridgehead atoms. The molecular weight excluding hydrogens is 544 g/mol. The Bertz CT molecular complexity index is 1390. The molecule has 0 saturated carbocycles. The molecule has 1 amide bonds.